The molecule has 2 heterocycles. The number of hydrogen-bond donors (Lipinski definition) is 1. The Balaban J connectivity index is 1.85. The van der Waals surface area contributed by atoms with Gasteiger partial charge in [-0.2, -0.15) is 4.98 Å². The first kappa shape index (κ1) is 10.2. The van der Waals surface area contributed by atoms with Gasteiger partial charge in [-0.25, -0.2) is 4.63 Å². The van der Waals surface area contributed by atoms with Gasteiger partial charge < -0.3 is 10.3 Å². The number of aromatic nitrogens is 4. The minimum Gasteiger partial charge on any atom is -0.379 e. The van der Waals surface area contributed by atoms with Crippen molar-refractivity contribution in [2.45, 2.75) is 38.0 Å². The second kappa shape index (κ2) is 4.15. The molecule has 0 aliphatic heterocycles. The van der Waals surface area contributed by atoms with E-state index in [2.05, 4.69) is 25.1 Å². The summed E-state index contributed by atoms with van der Waals surface area (Å²) in [6, 6.07) is 0. The fourth-order valence-electron chi connectivity index (χ4n) is 2.20. The van der Waals surface area contributed by atoms with Crippen LogP contribution in [-0.4, -0.2) is 20.5 Å². The average Bonchev–Trinajstić information content (AvgIpc) is 2.98. The Labute approximate surface area is 97.3 Å². The normalized spacial score (nSPS) is 17.4. The smallest absolute Gasteiger partial charge is 0.284 e. The van der Waals surface area contributed by atoms with Gasteiger partial charge in [-0.3, -0.25) is 0 Å². The highest BCUT2D eigenvalue weighted by atomic mass is 16.6. The Morgan fingerprint density at radius 2 is 1.88 bits per heavy atom. The van der Waals surface area contributed by atoms with Crippen molar-refractivity contribution < 1.29 is 9.15 Å². The number of nitrogen functional groups attached to an aromatic ring is 1. The number of hydrogen-bond acceptors (Lipinski definition) is 7. The van der Waals surface area contributed by atoms with Gasteiger partial charge in [0.05, 0.1) is 0 Å². The molecule has 1 aliphatic carbocycles. The lowest BCUT2D eigenvalue weighted by molar-refractivity contribution is 0.308. The Kier molecular flexibility index (Phi) is 2.50. The first-order chi connectivity index (χ1) is 8.34. The summed E-state index contributed by atoms with van der Waals surface area (Å²) in [5, 5.41) is 11.1. The Hall–Kier alpha value is -1.92. The van der Waals surface area contributed by atoms with Gasteiger partial charge in [0, 0.05) is 5.92 Å². The van der Waals surface area contributed by atoms with Crippen molar-refractivity contribution >= 4 is 5.82 Å². The molecule has 0 aromatic carbocycles. The standard InChI is InChI=1S/C10H13N5O2/c11-8-7(13-17-14-8)10-12-9(15-16-10)6-4-2-1-3-5-6/h6H,1-5H2,(H2,11,14). The van der Waals surface area contributed by atoms with E-state index in [1.165, 1.54) is 19.3 Å². The highest BCUT2D eigenvalue weighted by Gasteiger charge is 2.23. The van der Waals surface area contributed by atoms with Gasteiger partial charge in [-0.15, -0.1) is 0 Å². The van der Waals surface area contributed by atoms with Crippen molar-refractivity contribution in [2.75, 3.05) is 5.73 Å². The summed E-state index contributed by atoms with van der Waals surface area (Å²) in [5.41, 5.74) is 5.88. The van der Waals surface area contributed by atoms with Crippen LogP contribution in [0.15, 0.2) is 9.15 Å². The van der Waals surface area contributed by atoms with Crippen LogP contribution in [-0.2, 0) is 0 Å². The molecule has 1 fully saturated rings. The maximum atomic E-state index is 5.57. The molecule has 2 N–H and O–H groups in total. The van der Waals surface area contributed by atoms with Crippen LogP contribution in [0.2, 0.25) is 0 Å². The molecule has 90 valence electrons. The van der Waals surface area contributed by atoms with Crippen molar-refractivity contribution in [2.24, 2.45) is 0 Å². The molecular weight excluding hydrogens is 222 g/mol. The molecule has 0 radical (unpaired) electrons. The number of anilines is 1. The predicted molar refractivity (Wildman–Crippen MR) is 57.8 cm³/mol. The zero-order valence-electron chi connectivity index (χ0n) is 9.30. The van der Waals surface area contributed by atoms with Crippen molar-refractivity contribution in [3.63, 3.8) is 0 Å². The molecule has 0 saturated heterocycles. The summed E-state index contributed by atoms with van der Waals surface area (Å²) in [5.74, 6) is 1.58. The summed E-state index contributed by atoms with van der Waals surface area (Å²) < 4.78 is 9.64. The molecule has 7 heteroatoms. The van der Waals surface area contributed by atoms with Gasteiger partial charge in [0.15, 0.2) is 5.82 Å². The van der Waals surface area contributed by atoms with Crippen molar-refractivity contribution in [3.05, 3.63) is 5.82 Å². The Bertz CT molecular complexity index is 500. The van der Waals surface area contributed by atoms with E-state index in [-0.39, 0.29) is 11.7 Å². The summed E-state index contributed by atoms with van der Waals surface area (Å²) in [6.45, 7) is 0. The predicted octanol–water partition coefficient (Wildman–Crippen LogP) is 1.75. The summed E-state index contributed by atoms with van der Waals surface area (Å²) >= 11 is 0. The van der Waals surface area contributed by atoms with E-state index in [1.807, 2.05) is 0 Å². The Morgan fingerprint density at radius 1 is 1.06 bits per heavy atom. The molecule has 0 bridgehead atoms. The van der Waals surface area contributed by atoms with Crippen LogP contribution in [0.1, 0.15) is 43.8 Å². The van der Waals surface area contributed by atoms with E-state index < -0.39 is 0 Å². The summed E-state index contributed by atoms with van der Waals surface area (Å²) in [7, 11) is 0. The van der Waals surface area contributed by atoms with Gasteiger partial charge in [0.1, 0.15) is 0 Å². The second-order valence-corrected chi connectivity index (χ2v) is 4.29. The van der Waals surface area contributed by atoms with Crippen LogP contribution in [0.5, 0.6) is 0 Å². The lowest BCUT2D eigenvalue weighted by atomic mass is 9.89. The largest absolute Gasteiger partial charge is 0.379 e. The molecule has 0 spiro atoms. The van der Waals surface area contributed by atoms with Crippen LogP contribution in [0.25, 0.3) is 11.6 Å². The maximum absolute atomic E-state index is 5.57. The molecule has 7 nitrogen and oxygen atoms in total. The topological polar surface area (TPSA) is 104 Å². The van der Waals surface area contributed by atoms with Crippen LogP contribution >= 0.6 is 0 Å². The van der Waals surface area contributed by atoms with Crippen LogP contribution in [0.3, 0.4) is 0 Å². The highest BCUT2D eigenvalue weighted by Crippen LogP contribution is 2.32. The number of rotatable bonds is 2. The van der Waals surface area contributed by atoms with Crippen LogP contribution < -0.4 is 5.73 Å². The third kappa shape index (κ3) is 1.88. The van der Waals surface area contributed by atoms with E-state index in [0.717, 1.165) is 18.7 Å². The summed E-state index contributed by atoms with van der Waals surface area (Å²) in [4.78, 5) is 4.32. The van der Waals surface area contributed by atoms with E-state index in [9.17, 15) is 0 Å². The van der Waals surface area contributed by atoms with Crippen LogP contribution in [0.4, 0.5) is 5.82 Å². The van der Waals surface area contributed by atoms with Gasteiger partial charge in [0.25, 0.3) is 5.89 Å². The number of nitrogens with zero attached hydrogens (tertiary/aromatic N) is 4. The third-order valence-electron chi connectivity index (χ3n) is 3.13. The molecule has 2 aromatic heterocycles. The zero-order valence-corrected chi connectivity index (χ0v) is 9.30. The minimum atomic E-state index is 0.170. The van der Waals surface area contributed by atoms with E-state index >= 15 is 0 Å². The van der Waals surface area contributed by atoms with Gasteiger partial charge >= 0.3 is 0 Å². The molecule has 2 aromatic rings. The molecule has 3 rings (SSSR count). The van der Waals surface area contributed by atoms with Gasteiger partial charge in [-0.05, 0) is 23.2 Å². The SMILES string of the molecule is Nc1nonc1-c1nc(C2CCCCC2)no1. The van der Waals surface area contributed by atoms with E-state index in [1.54, 1.807) is 0 Å². The molecule has 17 heavy (non-hydrogen) atoms. The van der Waals surface area contributed by atoms with Crippen molar-refractivity contribution in [3.8, 4) is 11.6 Å². The lowest BCUT2D eigenvalue weighted by Crippen LogP contribution is -2.06. The fourth-order valence-corrected chi connectivity index (χ4v) is 2.20. The third-order valence-corrected chi connectivity index (χ3v) is 3.13. The fraction of sp³-hybridized carbons (Fsp3) is 0.600. The quantitative estimate of drug-likeness (QED) is 0.845. The van der Waals surface area contributed by atoms with Crippen molar-refractivity contribution in [1.82, 2.24) is 20.5 Å². The molecule has 1 saturated carbocycles. The van der Waals surface area contributed by atoms with Crippen LogP contribution in [0, 0.1) is 0 Å². The monoisotopic (exact) mass is 235 g/mol. The Morgan fingerprint density at radius 3 is 2.59 bits per heavy atom. The maximum Gasteiger partial charge on any atom is 0.284 e. The number of nitrogens with two attached hydrogens (primary N) is 1. The highest BCUT2D eigenvalue weighted by molar-refractivity contribution is 5.60. The molecule has 0 amide bonds. The summed E-state index contributed by atoms with van der Waals surface area (Å²) in [6.07, 6.45) is 5.97. The molecule has 1 aliphatic rings. The zero-order chi connectivity index (χ0) is 11.7. The van der Waals surface area contributed by atoms with Gasteiger partial charge in [0.2, 0.25) is 11.5 Å². The first-order valence-corrected chi connectivity index (χ1v) is 5.76. The molecular formula is C10H13N5O2. The van der Waals surface area contributed by atoms with E-state index in [4.69, 9.17) is 10.3 Å². The van der Waals surface area contributed by atoms with Gasteiger partial charge in [-0.1, -0.05) is 24.4 Å². The van der Waals surface area contributed by atoms with Crippen molar-refractivity contribution in [1.29, 1.82) is 0 Å². The first-order valence-electron chi connectivity index (χ1n) is 5.76. The molecule has 0 unspecified atom stereocenters. The average molecular weight is 235 g/mol. The lowest BCUT2D eigenvalue weighted by Gasteiger charge is -2.17. The van der Waals surface area contributed by atoms with E-state index in [0.29, 0.717) is 11.6 Å². The second-order valence-electron chi connectivity index (χ2n) is 4.29. The minimum absolute atomic E-state index is 0.170. The molecule has 0 atom stereocenters.